The molecule has 0 saturated carbocycles. The first-order chi connectivity index (χ1) is 12.7. The Balaban J connectivity index is 1.93. The standard InChI is InChI=1S/C20H25N5O/c1-4-26-20-15(8-7-9-21-20)16-12-18(24-10-5-6-11-24)19-17(23-16)13-22-25(19)14(2)3/h7-9,12-14H,4-6,10-11H2,1-3H3. The molecule has 0 aromatic carbocycles. The summed E-state index contributed by atoms with van der Waals surface area (Å²) in [5, 5.41) is 4.60. The van der Waals surface area contributed by atoms with Crippen LogP contribution < -0.4 is 9.64 Å². The molecule has 4 rings (SSSR count). The van der Waals surface area contributed by atoms with Gasteiger partial charge in [-0.1, -0.05) is 0 Å². The van der Waals surface area contributed by atoms with Crippen LogP contribution in [0.1, 0.15) is 39.7 Å². The lowest BCUT2D eigenvalue weighted by atomic mass is 10.1. The first-order valence-electron chi connectivity index (χ1n) is 9.40. The lowest BCUT2D eigenvalue weighted by Crippen LogP contribution is -2.19. The number of hydrogen-bond acceptors (Lipinski definition) is 5. The van der Waals surface area contributed by atoms with Crippen molar-refractivity contribution in [3.63, 3.8) is 0 Å². The molecule has 0 radical (unpaired) electrons. The third-order valence-electron chi connectivity index (χ3n) is 4.80. The number of rotatable bonds is 5. The van der Waals surface area contributed by atoms with Crippen LogP contribution >= 0.6 is 0 Å². The molecule has 1 saturated heterocycles. The lowest BCUT2D eigenvalue weighted by molar-refractivity contribution is 0.328. The van der Waals surface area contributed by atoms with Gasteiger partial charge in [0.05, 0.1) is 29.7 Å². The molecule has 1 aliphatic rings. The Hall–Kier alpha value is -2.63. The molecule has 0 spiro atoms. The highest BCUT2D eigenvalue weighted by Crippen LogP contribution is 2.36. The number of aromatic nitrogens is 4. The summed E-state index contributed by atoms with van der Waals surface area (Å²) in [7, 11) is 0. The Kier molecular flexibility index (Phi) is 4.49. The molecule has 26 heavy (non-hydrogen) atoms. The van der Waals surface area contributed by atoms with Gasteiger partial charge < -0.3 is 9.64 Å². The normalized spacial score (nSPS) is 14.5. The Morgan fingerprint density at radius 1 is 1.23 bits per heavy atom. The summed E-state index contributed by atoms with van der Waals surface area (Å²) in [5.41, 5.74) is 5.06. The molecular formula is C20H25N5O. The molecular weight excluding hydrogens is 326 g/mol. The van der Waals surface area contributed by atoms with Crippen molar-refractivity contribution in [1.82, 2.24) is 19.7 Å². The predicted molar refractivity (Wildman–Crippen MR) is 104 cm³/mol. The van der Waals surface area contributed by atoms with E-state index < -0.39 is 0 Å². The topological polar surface area (TPSA) is 56.1 Å². The van der Waals surface area contributed by atoms with E-state index in [1.807, 2.05) is 25.3 Å². The molecule has 0 amide bonds. The fourth-order valence-electron chi connectivity index (χ4n) is 3.61. The van der Waals surface area contributed by atoms with Crippen molar-refractivity contribution < 1.29 is 4.74 Å². The van der Waals surface area contributed by atoms with Crippen LogP contribution in [0.3, 0.4) is 0 Å². The number of hydrogen-bond donors (Lipinski definition) is 0. The van der Waals surface area contributed by atoms with E-state index in [4.69, 9.17) is 9.72 Å². The Labute approximate surface area is 153 Å². The summed E-state index contributed by atoms with van der Waals surface area (Å²) in [4.78, 5) is 11.7. The molecule has 0 atom stereocenters. The summed E-state index contributed by atoms with van der Waals surface area (Å²) in [6, 6.07) is 6.41. The van der Waals surface area contributed by atoms with E-state index in [-0.39, 0.29) is 0 Å². The smallest absolute Gasteiger partial charge is 0.222 e. The highest BCUT2D eigenvalue weighted by Gasteiger charge is 2.22. The minimum Gasteiger partial charge on any atom is -0.477 e. The van der Waals surface area contributed by atoms with Crippen molar-refractivity contribution in [3.8, 4) is 17.1 Å². The van der Waals surface area contributed by atoms with Crippen molar-refractivity contribution >= 4 is 16.7 Å². The van der Waals surface area contributed by atoms with Gasteiger partial charge in [-0.2, -0.15) is 5.10 Å². The molecule has 3 aromatic rings. The van der Waals surface area contributed by atoms with Crippen LogP contribution in [0.4, 0.5) is 5.69 Å². The van der Waals surface area contributed by atoms with Crippen LogP contribution in [0.25, 0.3) is 22.3 Å². The van der Waals surface area contributed by atoms with Gasteiger partial charge in [-0.15, -0.1) is 0 Å². The number of anilines is 1. The van der Waals surface area contributed by atoms with Crippen LogP contribution in [-0.4, -0.2) is 39.4 Å². The molecule has 136 valence electrons. The summed E-state index contributed by atoms with van der Waals surface area (Å²) in [6.45, 7) is 9.01. The van der Waals surface area contributed by atoms with E-state index in [9.17, 15) is 0 Å². The van der Waals surface area contributed by atoms with Gasteiger partial charge in [0.1, 0.15) is 11.0 Å². The van der Waals surface area contributed by atoms with Gasteiger partial charge >= 0.3 is 0 Å². The maximum atomic E-state index is 5.73. The van der Waals surface area contributed by atoms with Crippen LogP contribution in [0.15, 0.2) is 30.6 Å². The zero-order chi connectivity index (χ0) is 18.1. The van der Waals surface area contributed by atoms with E-state index in [1.165, 1.54) is 18.5 Å². The number of pyridine rings is 2. The van der Waals surface area contributed by atoms with Crippen molar-refractivity contribution in [2.75, 3.05) is 24.6 Å². The molecule has 0 aliphatic carbocycles. The van der Waals surface area contributed by atoms with Crippen LogP contribution in [-0.2, 0) is 0 Å². The molecule has 0 bridgehead atoms. The van der Waals surface area contributed by atoms with Gasteiger partial charge in [-0.3, -0.25) is 4.68 Å². The van der Waals surface area contributed by atoms with Crippen molar-refractivity contribution in [1.29, 1.82) is 0 Å². The van der Waals surface area contributed by atoms with E-state index in [2.05, 4.69) is 39.6 Å². The average Bonchev–Trinajstić information content (AvgIpc) is 3.31. The van der Waals surface area contributed by atoms with Gasteiger partial charge in [0.15, 0.2) is 0 Å². The first kappa shape index (κ1) is 16.8. The molecule has 3 aromatic heterocycles. The maximum absolute atomic E-state index is 5.73. The zero-order valence-corrected chi connectivity index (χ0v) is 15.6. The molecule has 4 heterocycles. The summed E-state index contributed by atoms with van der Waals surface area (Å²) in [5.74, 6) is 0.630. The fourth-order valence-corrected chi connectivity index (χ4v) is 3.61. The molecule has 1 aliphatic heterocycles. The average molecular weight is 351 g/mol. The Bertz CT molecular complexity index is 912. The zero-order valence-electron chi connectivity index (χ0n) is 15.6. The maximum Gasteiger partial charge on any atom is 0.222 e. The highest BCUT2D eigenvalue weighted by molar-refractivity contribution is 5.92. The number of nitrogens with zero attached hydrogens (tertiary/aromatic N) is 5. The summed E-state index contributed by atoms with van der Waals surface area (Å²) >= 11 is 0. The van der Waals surface area contributed by atoms with Crippen LogP contribution in [0, 0.1) is 0 Å². The molecule has 6 nitrogen and oxygen atoms in total. The first-order valence-corrected chi connectivity index (χ1v) is 9.40. The Morgan fingerprint density at radius 3 is 2.77 bits per heavy atom. The Morgan fingerprint density at radius 2 is 2.04 bits per heavy atom. The van der Waals surface area contributed by atoms with Gasteiger partial charge in [-0.25, -0.2) is 9.97 Å². The highest BCUT2D eigenvalue weighted by atomic mass is 16.5. The second-order valence-corrected chi connectivity index (χ2v) is 6.93. The predicted octanol–water partition coefficient (Wildman–Crippen LogP) is 4.07. The van der Waals surface area contributed by atoms with E-state index in [0.717, 1.165) is 35.4 Å². The number of ether oxygens (including phenoxy) is 1. The second-order valence-electron chi connectivity index (χ2n) is 6.93. The molecule has 0 N–H and O–H groups in total. The lowest BCUT2D eigenvalue weighted by Gasteiger charge is -2.21. The summed E-state index contributed by atoms with van der Waals surface area (Å²) in [6.07, 6.45) is 6.08. The quantitative estimate of drug-likeness (QED) is 0.693. The van der Waals surface area contributed by atoms with Crippen molar-refractivity contribution in [2.24, 2.45) is 0 Å². The van der Waals surface area contributed by atoms with E-state index in [1.54, 1.807) is 6.20 Å². The second kappa shape index (κ2) is 6.94. The minimum atomic E-state index is 0.291. The van der Waals surface area contributed by atoms with Crippen molar-refractivity contribution in [2.45, 2.75) is 39.7 Å². The molecule has 6 heteroatoms. The van der Waals surface area contributed by atoms with Crippen LogP contribution in [0.5, 0.6) is 5.88 Å². The van der Waals surface area contributed by atoms with E-state index >= 15 is 0 Å². The van der Waals surface area contributed by atoms with Gasteiger partial charge in [-0.05, 0) is 51.8 Å². The van der Waals surface area contributed by atoms with Gasteiger partial charge in [0, 0.05) is 25.3 Å². The monoisotopic (exact) mass is 351 g/mol. The molecule has 0 unspecified atom stereocenters. The molecule has 1 fully saturated rings. The third kappa shape index (κ3) is 2.89. The van der Waals surface area contributed by atoms with Crippen LogP contribution in [0.2, 0.25) is 0 Å². The van der Waals surface area contributed by atoms with Gasteiger partial charge in [0.2, 0.25) is 5.88 Å². The minimum absolute atomic E-state index is 0.291. The summed E-state index contributed by atoms with van der Waals surface area (Å²) < 4.78 is 7.80. The number of fused-ring (bicyclic) bond motifs is 1. The fraction of sp³-hybridized carbons (Fsp3) is 0.450. The largest absolute Gasteiger partial charge is 0.477 e. The van der Waals surface area contributed by atoms with E-state index in [0.29, 0.717) is 18.5 Å². The SMILES string of the molecule is CCOc1ncccc1-c1cc(N2CCCC2)c2c(cnn2C(C)C)n1. The van der Waals surface area contributed by atoms with Gasteiger partial charge in [0.25, 0.3) is 0 Å². The third-order valence-corrected chi connectivity index (χ3v) is 4.80. The van der Waals surface area contributed by atoms with Crippen molar-refractivity contribution in [3.05, 3.63) is 30.6 Å².